The van der Waals surface area contributed by atoms with Gasteiger partial charge in [-0.1, -0.05) is 13.8 Å². The number of nitrogens with zero attached hydrogens (tertiary/aromatic N) is 2. The number of hydrogen-bond donors (Lipinski definition) is 0. The van der Waals surface area contributed by atoms with E-state index in [9.17, 15) is 4.79 Å². The standard InChI is InChI=1S/C7H8N2O.C2H6/c1-5-3-9-7(4-8-5)6(2)10;1-2/h3-4H,1-2H3;1-2H3. The average Bonchev–Trinajstić information content (AvgIpc) is 2.09. The van der Waals surface area contributed by atoms with Crippen LogP contribution in [0.5, 0.6) is 0 Å². The van der Waals surface area contributed by atoms with Gasteiger partial charge in [0.05, 0.1) is 11.9 Å². The van der Waals surface area contributed by atoms with E-state index in [1.165, 1.54) is 13.1 Å². The van der Waals surface area contributed by atoms with Gasteiger partial charge in [0.2, 0.25) is 0 Å². The number of carbonyl (C=O) groups is 1. The van der Waals surface area contributed by atoms with E-state index >= 15 is 0 Å². The van der Waals surface area contributed by atoms with Crippen LogP contribution in [0.2, 0.25) is 0 Å². The number of aryl methyl sites for hydroxylation is 1. The van der Waals surface area contributed by atoms with Gasteiger partial charge in [-0.05, 0) is 6.92 Å². The molecule has 0 radical (unpaired) electrons. The van der Waals surface area contributed by atoms with Crippen molar-refractivity contribution in [1.82, 2.24) is 9.97 Å². The Hall–Kier alpha value is -1.25. The van der Waals surface area contributed by atoms with Crippen molar-refractivity contribution in [3.8, 4) is 0 Å². The molecule has 3 nitrogen and oxygen atoms in total. The zero-order chi connectivity index (χ0) is 9.56. The topological polar surface area (TPSA) is 42.9 Å². The van der Waals surface area contributed by atoms with Crippen LogP contribution in [0, 0.1) is 6.92 Å². The lowest BCUT2D eigenvalue weighted by Crippen LogP contribution is -1.97. The molecule has 0 bridgehead atoms. The first-order chi connectivity index (χ1) is 5.70. The van der Waals surface area contributed by atoms with Crippen LogP contribution in [0.4, 0.5) is 0 Å². The van der Waals surface area contributed by atoms with Crippen molar-refractivity contribution in [1.29, 1.82) is 0 Å². The predicted molar refractivity (Wildman–Crippen MR) is 48.1 cm³/mol. The minimum atomic E-state index is -0.0486. The first-order valence-electron chi connectivity index (χ1n) is 4.00. The fourth-order valence-electron chi connectivity index (χ4n) is 0.574. The molecule has 1 heterocycles. The van der Waals surface area contributed by atoms with Crippen molar-refractivity contribution in [3.05, 3.63) is 23.8 Å². The Morgan fingerprint density at radius 1 is 1.25 bits per heavy atom. The molecular formula is C9H14N2O. The van der Waals surface area contributed by atoms with Gasteiger partial charge < -0.3 is 0 Å². The minimum Gasteiger partial charge on any atom is -0.293 e. The molecule has 0 amide bonds. The molecule has 0 spiro atoms. The smallest absolute Gasteiger partial charge is 0.179 e. The van der Waals surface area contributed by atoms with E-state index < -0.39 is 0 Å². The van der Waals surface area contributed by atoms with Gasteiger partial charge in [0, 0.05) is 13.1 Å². The lowest BCUT2D eigenvalue weighted by atomic mass is 10.3. The Balaban J connectivity index is 0.000000561. The van der Waals surface area contributed by atoms with E-state index in [0.717, 1.165) is 5.69 Å². The summed E-state index contributed by atoms with van der Waals surface area (Å²) < 4.78 is 0. The summed E-state index contributed by atoms with van der Waals surface area (Å²) in [4.78, 5) is 18.4. The molecule has 66 valence electrons. The summed E-state index contributed by atoms with van der Waals surface area (Å²) in [5, 5.41) is 0. The molecule has 0 aromatic carbocycles. The molecule has 0 aliphatic rings. The second-order valence-corrected chi connectivity index (χ2v) is 2.10. The molecule has 0 saturated heterocycles. The first kappa shape index (κ1) is 10.8. The third-order valence-corrected chi connectivity index (χ3v) is 1.14. The Morgan fingerprint density at radius 3 is 2.17 bits per heavy atom. The Morgan fingerprint density at radius 2 is 1.83 bits per heavy atom. The monoisotopic (exact) mass is 166 g/mol. The number of rotatable bonds is 1. The van der Waals surface area contributed by atoms with E-state index in [0.29, 0.717) is 5.69 Å². The highest BCUT2D eigenvalue weighted by Gasteiger charge is 1.98. The normalized spacial score (nSPS) is 8.33. The minimum absolute atomic E-state index is 0.0486. The van der Waals surface area contributed by atoms with Crippen LogP contribution in [0.25, 0.3) is 0 Å². The van der Waals surface area contributed by atoms with Crippen molar-refractivity contribution in [2.75, 3.05) is 0 Å². The SMILES string of the molecule is CC.CC(=O)c1cnc(C)cn1. The van der Waals surface area contributed by atoms with Gasteiger partial charge in [0.15, 0.2) is 5.78 Å². The highest BCUT2D eigenvalue weighted by atomic mass is 16.1. The van der Waals surface area contributed by atoms with Crippen molar-refractivity contribution in [2.24, 2.45) is 0 Å². The van der Waals surface area contributed by atoms with E-state index in [4.69, 9.17) is 0 Å². The first-order valence-corrected chi connectivity index (χ1v) is 4.00. The van der Waals surface area contributed by atoms with Crippen molar-refractivity contribution in [2.45, 2.75) is 27.7 Å². The largest absolute Gasteiger partial charge is 0.293 e. The Labute approximate surface area is 72.9 Å². The van der Waals surface area contributed by atoms with Crippen LogP contribution in [0.15, 0.2) is 12.4 Å². The summed E-state index contributed by atoms with van der Waals surface area (Å²) >= 11 is 0. The molecule has 0 fully saturated rings. The second-order valence-electron chi connectivity index (χ2n) is 2.10. The molecule has 0 saturated carbocycles. The van der Waals surface area contributed by atoms with Crippen LogP contribution in [-0.4, -0.2) is 15.8 Å². The highest BCUT2D eigenvalue weighted by molar-refractivity contribution is 5.91. The maximum absolute atomic E-state index is 10.7. The maximum Gasteiger partial charge on any atom is 0.179 e. The van der Waals surface area contributed by atoms with E-state index in [-0.39, 0.29) is 5.78 Å². The quantitative estimate of drug-likeness (QED) is 0.599. The molecule has 0 N–H and O–H groups in total. The summed E-state index contributed by atoms with van der Waals surface area (Å²) in [6.07, 6.45) is 3.06. The van der Waals surface area contributed by atoms with E-state index in [1.54, 1.807) is 6.20 Å². The van der Waals surface area contributed by atoms with Crippen LogP contribution in [-0.2, 0) is 0 Å². The highest BCUT2D eigenvalue weighted by Crippen LogP contribution is 1.93. The number of ketones is 1. The zero-order valence-corrected chi connectivity index (χ0v) is 7.96. The molecule has 0 unspecified atom stereocenters. The molecular weight excluding hydrogens is 152 g/mol. The summed E-state index contributed by atoms with van der Waals surface area (Å²) in [5.41, 5.74) is 1.25. The fraction of sp³-hybridized carbons (Fsp3) is 0.444. The Kier molecular flexibility index (Phi) is 4.84. The average molecular weight is 166 g/mol. The van der Waals surface area contributed by atoms with Crippen molar-refractivity contribution < 1.29 is 4.79 Å². The van der Waals surface area contributed by atoms with Gasteiger partial charge in [-0.3, -0.25) is 9.78 Å². The van der Waals surface area contributed by atoms with Crippen LogP contribution < -0.4 is 0 Å². The molecule has 3 heteroatoms. The van der Waals surface area contributed by atoms with Gasteiger partial charge in [0.25, 0.3) is 0 Å². The lowest BCUT2D eigenvalue weighted by Gasteiger charge is -1.92. The number of Topliss-reactive ketones (excluding diaryl/α,β-unsaturated/α-hetero) is 1. The Bertz CT molecular complexity index is 241. The molecule has 0 atom stereocenters. The third kappa shape index (κ3) is 3.23. The van der Waals surface area contributed by atoms with Gasteiger partial charge in [-0.25, -0.2) is 4.98 Å². The fourth-order valence-corrected chi connectivity index (χ4v) is 0.574. The maximum atomic E-state index is 10.7. The third-order valence-electron chi connectivity index (χ3n) is 1.14. The zero-order valence-electron chi connectivity index (χ0n) is 7.96. The number of carbonyl (C=O) groups excluding carboxylic acids is 1. The summed E-state index contributed by atoms with van der Waals surface area (Å²) in [5.74, 6) is -0.0486. The molecule has 1 rings (SSSR count). The molecule has 12 heavy (non-hydrogen) atoms. The van der Waals surface area contributed by atoms with Gasteiger partial charge in [0.1, 0.15) is 5.69 Å². The predicted octanol–water partition coefficient (Wildman–Crippen LogP) is 2.01. The number of aromatic nitrogens is 2. The van der Waals surface area contributed by atoms with Crippen molar-refractivity contribution >= 4 is 5.78 Å². The second kappa shape index (κ2) is 5.41. The summed E-state index contributed by atoms with van der Waals surface area (Å²) in [6.45, 7) is 7.30. The van der Waals surface area contributed by atoms with Crippen LogP contribution in [0.3, 0.4) is 0 Å². The van der Waals surface area contributed by atoms with Crippen molar-refractivity contribution in [3.63, 3.8) is 0 Å². The number of hydrogen-bond acceptors (Lipinski definition) is 3. The summed E-state index contributed by atoms with van der Waals surface area (Å²) in [6, 6.07) is 0. The molecule has 0 aliphatic heterocycles. The van der Waals surface area contributed by atoms with E-state index in [2.05, 4.69) is 9.97 Å². The molecule has 0 aliphatic carbocycles. The van der Waals surface area contributed by atoms with Gasteiger partial charge in [-0.2, -0.15) is 0 Å². The molecule has 1 aromatic rings. The lowest BCUT2D eigenvalue weighted by molar-refractivity contribution is 0.101. The van der Waals surface area contributed by atoms with Crippen LogP contribution >= 0.6 is 0 Å². The summed E-state index contributed by atoms with van der Waals surface area (Å²) in [7, 11) is 0. The van der Waals surface area contributed by atoms with Gasteiger partial charge >= 0.3 is 0 Å². The van der Waals surface area contributed by atoms with Gasteiger partial charge in [-0.15, -0.1) is 0 Å². The van der Waals surface area contributed by atoms with E-state index in [1.807, 2.05) is 20.8 Å². The van der Waals surface area contributed by atoms with Crippen LogP contribution in [0.1, 0.15) is 37.0 Å². The molecule has 1 aromatic heterocycles.